The highest BCUT2D eigenvalue weighted by molar-refractivity contribution is 6.30. The Hall–Kier alpha value is -1.54. The van der Waals surface area contributed by atoms with Crippen LogP contribution in [0.3, 0.4) is 0 Å². The van der Waals surface area contributed by atoms with E-state index in [-0.39, 0.29) is 0 Å². The molecule has 0 aliphatic heterocycles. The predicted molar refractivity (Wildman–Crippen MR) is 59.0 cm³/mol. The van der Waals surface area contributed by atoms with Crippen LogP contribution in [0.25, 0.3) is 0 Å². The maximum absolute atomic E-state index is 5.83. The lowest BCUT2D eigenvalue weighted by Gasteiger charge is -2.04. The zero-order valence-electron chi connectivity index (χ0n) is 7.44. The van der Waals surface area contributed by atoms with Gasteiger partial charge in [0.2, 0.25) is 0 Å². The SMILES string of the molecule is Clc1ccnc(Nc2ccccc2)c1. The molecule has 0 atom stereocenters. The van der Waals surface area contributed by atoms with E-state index in [4.69, 9.17) is 11.6 Å². The van der Waals surface area contributed by atoms with Gasteiger partial charge in [0.05, 0.1) is 0 Å². The monoisotopic (exact) mass is 204 g/mol. The van der Waals surface area contributed by atoms with E-state index in [1.807, 2.05) is 30.3 Å². The molecule has 0 fully saturated rings. The van der Waals surface area contributed by atoms with Crippen LogP contribution in [0.15, 0.2) is 48.7 Å². The number of hydrogen-bond acceptors (Lipinski definition) is 2. The molecule has 14 heavy (non-hydrogen) atoms. The molecule has 3 heteroatoms. The van der Waals surface area contributed by atoms with Gasteiger partial charge in [-0.3, -0.25) is 0 Å². The highest BCUT2D eigenvalue weighted by Gasteiger charge is 1.95. The van der Waals surface area contributed by atoms with Crippen LogP contribution in [-0.2, 0) is 0 Å². The average Bonchev–Trinajstić information content (AvgIpc) is 2.19. The third-order valence-corrected chi connectivity index (χ3v) is 2.00. The van der Waals surface area contributed by atoms with Crippen molar-refractivity contribution in [3.8, 4) is 0 Å². The molecule has 1 aromatic carbocycles. The summed E-state index contributed by atoms with van der Waals surface area (Å²) in [5.74, 6) is 0.753. The summed E-state index contributed by atoms with van der Waals surface area (Å²) in [6, 6.07) is 13.4. The minimum atomic E-state index is 0.679. The average molecular weight is 205 g/mol. The van der Waals surface area contributed by atoms with Gasteiger partial charge in [-0.2, -0.15) is 0 Å². The summed E-state index contributed by atoms with van der Waals surface area (Å²) in [4.78, 5) is 4.14. The highest BCUT2D eigenvalue weighted by atomic mass is 35.5. The van der Waals surface area contributed by atoms with Crippen LogP contribution in [0, 0.1) is 0 Å². The molecule has 2 rings (SSSR count). The summed E-state index contributed by atoms with van der Waals surface area (Å²) >= 11 is 5.83. The van der Waals surface area contributed by atoms with Gasteiger partial charge in [-0.05, 0) is 24.3 Å². The van der Waals surface area contributed by atoms with E-state index in [1.165, 1.54) is 0 Å². The molecule has 0 saturated heterocycles. The smallest absolute Gasteiger partial charge is 0.131 e. The lowest BCUT2D eigenvalue weighted by atomic mass is 10.3. The Balaban J connectivity index is 2.19. The number of nitrogens with zero attached hydrogens (tertiary/aromatic N) is 1. The molecule has 1 N–H and O–H groups in total. The molecule has 0 aliphatic carbocycles. The molecule has 0 bridgehead atoms. The lowest BCUT2D eigenvalue weighted by molar-refractivity contribution is 1.31. The van der Waals surface area contributed by atoms with E-state index < -0.39 is 0 Å². The third kappa shape index (κ3) is 2.24. The number of hydrogen-bond donors (Lipinski definition) is 1. The molecule has 0 unspecified atom stereocenters. The van der Waals surface area contributed by atoms with Crippen LogP contribution in [0.2, 0.25) is 5.02 Å². The Morgan fingerprint density at radius 1 is 1.07 bits per heavy atom. The topological polar surface area (TPSA) is 24.9 Å². The van der Waals surface area contributed by atoms with Gasteiger partial charge < -0.3 is 5.32 Å². The third-order valence-electron chi connectivity index (χ3n) is 1.77. The normalized spacial score (nSPS) is 9.79. The van der Waals surface area contributed by atoms with E-state index in [1.54, 1.807) is 18.3 Å². The molecular weight excluding hydrogens is 196 g/mol. The molecule has 2 aromatic rings. The number of halogens is 1. The van der Waals surface area contributed by atoms with Crippen LogP contribution in [0.5, 0.6) is 0 Å². The summed E-state index contributed by atoms with van der Waals surface area (Å²) in [5, 5.41) is 3.83. The number of benzene rings is 1. The standard InChI is InChI=1S/C11H9ClN2/c12-9-6-7-13-11(8-9)14-10-4-2-1-3-5-10/h1-8H,(H,13,14). The maximum Gasteiger partial charge on any atom is 0.131 e. The first-order chi connectivity index (χ1) is 6.84. The van der Waals surface area contributed by atoms with Gasteiger partial charge in [0.1, 0.15) is 5.82 Å². The van der Waals surface area contributed by atoms with Gasteiger partial charge in [0.25, 0.3) is 0 Å². The molecular formula is C11H9ClN2. The zero-order valence-corrected chi connectivity index (χ0v) is 8.20. The first-order valence-corrected chi connectivity index (χ1v) is 4.66. The van der Waals surface area contributed by atoms with E-state index in [0.717, 1.165) is 11.5 Å². The molecule has 1 heterocycles. The first kappa shape index (κ1) is 9.03. The Bertz CT molecular complexity index is 415. The van der Waals surface area contributed by atoms with Crippen LogP contribution in [-0.4, -0.2) is 4.98 Å². The van der Waals surface area contributed by atoms with E-state index >= 15 is 0 Å². The second kappa shape index (κ2) is 4.11. The van der Waals surface area contributed by atoms with E-state index in [0.29, 0.717) is 5.02 Å². The van der Waals surface area contributed by atoms with Gasteiger partial charge in [-0.25, -0.2) is 4.98 Å². The van der Waals surface area contributed by atoms with Crippen molar-refractivity contribution >= 4 is 23.1 Å². The van der Waals surface area contributed by atoms with Gasteiger partial charge in [0, 0.05) is 16.9 Å². The number of nitrogens with one attached hydrogen (secondary N) is 1. The summed E-state index contributed by atoms with van der Waals surface area (Å²) < 4.78 is 0. The second-order valence-corrected chi connectivity index (χ2v) is 3.29. The largest absolute Gasteiger partial charge is 0.340 e. The number of rotatable bonds is 2. The molecule has 2 nitrogen and oxygen atoms in total. The quantitative estimate of drug-likeness (QED) is 0.810. The summed E-state index contributed by atoms with van der Waals surface area (Å²) in [7, 11) is 0. The Morgan fingerprint density at radius 2 is 1.86 bits per heavy atom. The first-order valence-electron chi connectivity index (χ1n) is 4.28. The molecule has 0 spiro atoms. The molecule has 0 aliphatic rings. The number of para-hydroxylation sites is 1. The van der Waals surface area contributed by atoms with Crippen molar-refractivity contribution in [2.45, 2.75) is 0 Å². The van der Waals surface area contributed by atoms with E-state index in [9.17, 15) is 0 Å². The molecule has 70 valence electrons. The Morgan fingerprint density at radius 3 is 2.57 bits per heavy atom. The molecule has 1 aromatic heterocycles. The molecule has 0 saturated carbocycles. The van der Waals surface area contributed by atoms with Crippen molar-refractivity contribution in [1.82, 2.24) is 4.98 Å². The molecule has 0 amide bonds. The Kier molecular flexibility index (Phi) is 2.65. The fourth-order valence-corrected chi connectivity index (χ4v) is 1.30. The van der Waals surface area contributed by atoms with Crippen LogP contribution in [0.1, 0.15) is 0 Å². The van der Waals surface area contributed by atoms with Gasteiger partial charge in [-0.1, -0.05) is 29.8 Å². The van der Waals surface area contributed by atoms with Crippen molar-refractivity contribution in [3.63, 3.8) is 0 Å². The fraction of sp³-hybridized carbons (Fsp3) is 0. The van der Waals surface area contributed by atoms with Gasteiger partial charge >= 0.3 is 0 Å². The minimum absolute atomic E-state index is 0.679. The summed E-state index contributed by atoms with van der Waals surface area (Å²) in [6.45, 7) is 0. The minimum Gasteiger partial charge on any atom is -0.340 e. The predicted octanol–water partition coefficient (Wildman–Crippen LogP) is 3.48. The van der Waals surface area contributed by atoms with Gasteiger partial charge in [-0.15, -0.1) is 0 Å². The van der Waals surface area contributed by atoms with Crippen molar-refractivity contribution in [1.29, 1.82) is 0 Å². The number of pyridine rings is 1. The van der Waals surface area contributed by atoms with Crippen molar-refractivity contribution in [3.05, 3.63) is 53.7 Å². The van der Waals surface area contributed by atoms with Crippen molar-refractivity contribution < 1.29 is 0 Å². The zero-order chi connectivity index (χ0) is 9.80. The highest BCUT2D eigenvalue weighted by Crippen LogP contribution is 2.16. The second-order valence-electron chi connectivity index (χ2n) is 2.85. The van der Waals surface area contributed by atoms with Crippen molar-refractivity contribution in [2.75, 3.05) is 5.32 Å². The van der Waals surface area contributed by atoms with E-state index in [2.05, 4.69) is 10.3 Å². The maximum atomic E-state index is 5.83. The lowest BCUT2D eigenvalue weighted by Crippen LogP contribution is -1.91. The number of aromatic nitrogens is 1. The fourth-order valence-electron chi connectivity index (χ4n) is 1.14. The molecule has 0 radical (unpaired) electrons. The summed E-state index contributed by atoms with van der Waals surface area (Å²) in [5.41, 5.74) is 1.00. The van der Waals surface area contributed by atoms with Gasteiger partial charge in [0.15, 0.2) is 0 Å². The van der Waals surface area contributed by atoms with Crippen LogP contribution >= 0.6 is 11.6 Å². The Labute approximate surface area is 87.6 Å². The summed E-state index contributed by atoms with van der Waals surface area (Å²) in [6.07, 6.45) is 1.67. The van der Waals surface area contributed by atoms with Crippen LogP contribution < -0.4 is 5.32 Å². The van der Waals surface area contributed by atoms with Crippen LogP contribution in [0.4, 0.5) is 11.5 Å². The number of anilines is 2. The van der Waals surface area contributed by atoms with Crippen molar-refractivity contribution in [2.24, 2.45) is 0 Å².